The first kappa shape index (κ1) is 22.4. The molecular weight excluding hydrogens is 460 g/mol. The first-order valence-corrected chi connectivity index (χ1v) is 10.5. The van der Waals surface area contributed by atoms with E-state index in [2.05, 4.69) is 26.6 Å². The van der Waals surface area contributed by atoms with Crippen molar-refractivity contribution in [1.82, 2.24) is 0 Å². The first-order valence-electron chi connectivity index (χ1n) is 9.68. The zero-order valence-electron chi connectivity index (χ0n) is 17.2. The summed E-state index contributed by atoms with van der Waals surface area (Å²) in [7, 11) is 0. The molecule has 0 aliphatic heterocycles. The number of anilines is 2. The predicted molar refractivity (Wildman–Crippen MR) is 125 cm³/mol. The number of carbonyl (C=O) groups excluding carboxylic acids is 1. The Balaban J connectivity index is 1.67. The molecule has 0 aliphatic rings. The standard InChI is InChI=1S/C24H23BrN2O4/c1-15-6-9-19(10-7-15)27-23(28)14-31-22-11-8-18(25)12-17(22)13-26-21-5-3-4-20(16(21)2)24(29)30/h3-12,26H,13-14H2,1-2H3,(H,27,28)(H,29,30). The van der Waals surface area contributed by atoms with E-state index in [1.165, 1.54) is 0 Å². The summed E-state index contributed by atoms with van der Waals surface area (Å²) in [6, 6.07) is 18.2. The average molecular weight is 483 g/mol. The molecule has 160 valence electrons. The smallest absolute Gasteiger partial charge is 0.336 e. The number of amides is 1. The van der Waals surface area contributed by atoms with Crippen molar-refractivity contribution in [2.45, 2.75) is 20.4 Å². The van der Waals surface area contributed by atoms with Crippen molar-refractivity contribution in [3.8, 4) is 5.75 Å². The van der Waals surface area contributed by atoms with Gasteiger partial charge in [0.2, 0.25) is 0 Å². The third-order valence-electron chi connectivity index (χ3n) is 4.75. The molecule has 1 amide bonds. The number of halogens is 1. The topological polar surface area (TPSA) is 87.7 Å². The minimum Gasteiger partial charge on any atom is -0.483 e. The van der Waals surface area contributed by atoms with Gasteiger partial charge in [0.05, 0.1) is 5.56 Å². The van der Waals surface area contributed by atoms with Crippen LogP contribution >= 0.6 is 15.9 Å². The van der Waals surface area contributed by atoms with Gasteiger partial charge in [-0.05, 0) is 61.9 Å². The van der Waals surface area contributed by atoms with Gasteiger partial charge < -0.3 is 20.5 Å². The van der Waals surface area contributed by atoms with Crippen LogP contribution in [0.25, 0.3) is 0 Å². The fourth-order valence-corrected chi connectivity index (χ4v) is 3.46. The highest BCUT2D eigenvalue weighted by molar-refractivity contribution is 9.10. The largest absolute Gasteiger partial charge is 0.483 e. The molecule has 3 aromatic rings. The van der Waals surface area contributed by atoms with Gasteiger partial charge in [0.25, 0.3) is 5.91 Å². The van der Waals surface area contributed by atoms with E-state index in [-0.39, 0.29) is 18.1 Å². The Labute approximate surface area is 189 Å². The second-order valence-electron chi connectivity index (χ2n) is 7.09. The van der Waals surface area contributed by atoms with Gasteiger partial charge in [-0.25, -0.2) is 4.79 Å². The van der Waals surface area contributed by atoms with Crippen molar-refractivity contribution in [2.75, 3.05) is 17.2 Å². The summed E-state index contributed by atoms with van der Waals surface area (Å²) in [6.45, 7) is 4.02. The molecule has 0 spiro atoms. The van der Waals surface area contributed by atoms with Crippen LogP contribution in [0.1, 0.15) is 27.0 Å². The number of carbonyl (C=O) groups is 2. The van der Waals surface area contributed by atoms with Crippen LogP contribution in [0.2, 0.25) is 0 Å². The number of hydrogen-bond donors (Lipinski definition) is 3. The highest BCUT2D eigenvalue weighted by atomic mass is 79.9. The predicted octanol–water partition coefficient (Wildman–Crippen LogP) is 5.39. The fourth-order valence-electron chi connectivity index (χ4n) is 3.05. The maximum atomic E-state index is 12.3. The lowest BCUT2D eigenvalue weighted by molar-refractivity contribution is -0.118. The van der Waals surface area contributed by atoms with E-state index >= 15 is 0 Å². The summed E-state index contributed by atoms with van der Waals surface area (Å²) in [4.78, 5) is 23.6. The maximum absolute atomic E-state index is 12.3. The number of carboxylic acid groups (broad SMARTS) is 1. The Morgan fingerprint density at radius 3 is 2.48 bits per heavy atom. The molecular formula is C24H23BrN2O4. The summed E-state index contributed by atoms with van der Waals surface area (Å²) in [6.07, 6.45) is 0. The third-order valence-corrected chi connectivity index (χ3v) is 5.24. The van der Waals surface area contributed by atoms with E-state index < -0.39 is 5.97 Å². The van der Waals surface area contributed by atoms with Gasteiger partial charge in [-0.2, -0.15) is 0 Å². The van der Waals surface area contributed by atoms with Crippen LogP contribution in [-0.2, 0) is 11.3 Å². The summed E-state index contributed by atoms with van der Waals surface area (Å²) in [5, 5.41) is 15.4. The molecule has 0 atom stereocenters. The van der Waals surface area contributed by atoms with Gasteiger partial charge in [0, 0.05) is 28.0 Å². The molecule has 0 aliphatic carbocycles. The summed E-state index contributed by atoms with van der Waals surface area (Å²) < 4.78 is 6.64. The molecule has 0 heterocycles. The van der Waals surface area contributed by atoms with E-state index in [0.29, 0.717) is 23.5 Å². The van der Waals surface area contributed by atoms with Gasteiger partial charge >= 0.3 is 5.97 Å². The van der Waals surface area contributed by atoms with E-state index in [1.54, 1.807) is 25.1 Å². The Morgan fingerprint density at radius 2 is 1.77 bits per heavy atom. The zero-order chi connectivity index (χ0) is 22.4. The molecule has 0 saturated heterocycles. The molecule has 3 N–H and O–H groups in total. The highest BCUT2D eigenvalue weighted by Crippen LogP contribution is 2.26. The minimum atomic E-state index is -0.966. The molecule has 0 unspecified atom stereocenters. The molecule has 3 rings (SSSR count). The molecule has 0 radical (unpaired) electrons. The van der Waals surface area contributed by atoms with Crippen molar-refractivity contribution in [2.24, 2.45) is 0 Å². The number of rotatable bonds is 8. The molecule has 7 heteroatoms. The van der Waals surface area contributed by atoms with E-state index in [9.17, 15) is 14.7 Å². The monoisotopic (exact) mass is 482 g/mol. The summed E-state index contributed by atoms with van der Waals surface area (Å²) >= 11 is 3.46. The summed E-state index contributed by atoms with van der Waals surface area (Å²) in [5.74, 6) is -0.648. The van der Waals surface area contributed by atoms with Crippen LogP contribution < -0.4 is 15.4 Å². The van der Waals surface area contributed by atoms with E-state index in [0.717, 1.165) is 21.3 Å². The second kappa shape index (κ2) is 10.1. The SMILES string of the molecule is Cc1ccc(NC(=O)COc2ccc(Br)cc2CNc2cccc(C(=O)O)c2C)cc1. The number of carboxylic acids is 1. The summed E-state index contributed by atoms with van der Waals surface area (Å²) in [5.41, 5.74) is 4.30. The molecule has 0 aromatic heterocycles. The molecule has 0 fully saturated rings. The Kier molecular flexibility index (Phi) is 7.31. The van der Waals surface area contributed by atoms with Crippen molar-refractivity contribution in [1.29, 1.82) is 0 Å². The van der Waals surface area contributed by atoms with Gasteiger partial charge in [-0.15, -0.1) is 0 Å². The van der Waals surface area contributed by atoms with Crippen molar-refractivity contribution < 1.29 is 19.4 Å². The number of benzene rings is 3. The number of aromatic carboxylic acids is 1. The van der Waals surface area contributed by atoms with Crippen LogP contribution in [0.5, 0.6) is 5.75 Å². The van der Waals surface area contributed by atoms with Crippen LogP contribution in [0, 0.1) is 13.8 Å². The quantitative estimate of drug-likeness (QED) is 0.400. The molecule has 3 aromatic carbocycles. The highest BCUT2D eigenvalue weighted by Gasteiger charge is 2.12. The molecule has 0 bridgehead atoms. The van der Waals surface area contributed by atoms with Crippen molar-refractivity contribution in [3.63, 3.8) is 0 Å². The lowest BCUT2D eigenvalue weighted by atomic mass is 10.1. The molecule has 0 saturated carbocycles. The zero-order valence-corrected chi connectivity index (χ0v) is 18.8. The number of aryl methyl sites for hydroxylation is 1. The lowest BCUT2D eigenvalue weighted by Crippen LogP contribution is -2.20. The van der Waals surface area contributed by atoms with Crippen LogP contribution in [-0.4, -0.2) is 23.6 Å². The molecule has 31 heavy (non-hydrogen) atoms. The van der Waals surface area contributed by atoms with E-state index in [1.807, 2.05) is 49.4 Å². The first-order chi connectivity index (χ1) is 14.8. The number of hydrogen-bond acceptors (Lipinski definition) is 4. The molecule has 6 nitrogen and oxygen atoms in total. The van der Waals surface area contributed by atoms with Gasteiger partial charge in [-0.3, -0.25) is 4.79 Å². The Bertz CT molecular complexity index is 1100. The van der Waals surface area contributed by atoms with E-state index in [4.69, 9.17) is 4.74 Å². The number of nitrogens with one attached hydrogen (secondary N) is 2. The minimum absolute atomic E-state index is 0.129. The number of ether oxygens (including phenoxy) is 1. The van der Waals surface area contributed by atoms with Crippen molar-refractivity contribution >= 4 is 39.2 Å². The Morgan fingerprint density at radius 1 is 1.03 bits per heavy atom. The fraction of sp³-hybridized carbons (Fsp3) is 0.167. The van der Waals surface area contributed by atoms with Gasteiger partial charge in [-0.1, -0.05) is 39.7 Å². The van der Waals surface area contributed by atoms with Crippen LogP contribution in [0.4, 0.5) is 11.4 Å². The van der Waals surface area contributed by atoms with Crippen molar-refractivity contribution in [3.05, 3.63) is 87.4 Å². The third kappa shape index (κ3) is 6.08. The van der Waals surface area contributed by atoms with Gasteiger partial charge in [0.15, 0.2) is 6.61 Å². The average Bonchev–Trinajstić information content (AvgIpc) is 2.73. The lowest BCUT2D eigenvalue weighted by Gasteiger charge is -2.15. The Hall–Kier alpha value is -3.32. The van der Waals surface area contributed by atoms with Gasteiger partial charge in [0.1, 0.15) is 5.75 Å². The normalized spacial score (nSPS) is 10.4. The second-order valence-corrected chi connectivity index (χ2v) is 8.01. The van der Waals surface area contributed by atoms with Crippen LogP contribution in [0.15, 0.2) is 65.1 Å². The maximum Gasteiger partial charge on any atom is 0.336 e. The van der Waals surface area contributed by atoms with Crippen LogP contribution in [0.3, 0.4) is 0 Å².